The molecule has 6 nitrogen and oxygen atoms in total. The van der Waals surface area contributed by atoms with Crippen LogP contribution >= 0.6 is 0 Å². The highest BCUT2D eigenvalue weighted by Crippen LogP contribution is 2.17. The third-order valence-electron chi connectivity index (χ3n) is 3.29. The number of aromatic nitrogens is 3. The number of hydrogen-bond acceptors (Lipinski definition) is 3. The molecule has 0 spiro atoms. The minimum Gasteiger partial charge on any atom is -0.396 e. The third kappa shape index (κ3) is 2.53. The van der Waals surface area contributed by atoms with Crippen molar-refractivity contribution in [3.05, 3.63) is 35.4 Å². The first-order valence-electron chi connectivity index (χ1n) is 6.09. The molecule has 6 heteroatoms. The molecule has 1 amide bonds. The zero-order valence-electron chi connectivity index (χ0n) is 11.3. The molecule has 102 valence electrons. The van der Waals surface area contributed by atoms with Crippen LogP contribution in [0.25, 0.3) is 0 Å². The van der Waals surface area contributed by atoms with Crippen molar-refractivity contribution in [2.45, 2.75) is 13.3 Å². The summed E-state index contributed by atoms with van der Waals surface area (Å²) in [5, 5.41) is 16.0. The molecule has 19 heavy (non-hydrogen) atoms. The van der Waals surface area contributed by atoms with Gasteiger partial charge in [0.1, 0.15) is 0 Å². The Bertz CT molecular complexity index is 598. The number of carbonyl (C=O) groups is 1. The van der Waals surface area contributed by atoms with Crippen LogP contribution in [0, 0.1) is 6.92 Å². The van der Waals surface area contributed by atoms with Crippen LogP contribution in [-0.4, -0.2) is 32.0 Å². The van der Waals surface area contributed by atoms with Gasteiger partial charge in [-0.2, -0.15) is 5.10 Å². The van der Waals surface area contributed by atoms with Crippen LogP contribution in [0.15, 0.2) is 18.5 Å². The summed E-state index contributed by atoms with van der Waals surface area (Å²) in [6.07, 6.45) is 3.91. The van der Waals surface area contributed by atoms with Crippen LogP contribution in [0.1, 0.15) is 21.7 Å². The maximum Gasteiger partial charge on any atom is 0.257 e. The number of nitrogens with one attached hydrogen (secondary N) is 1. The topological polar surface area (TPSA) is 72.1 Å². The van der Waals surface area contributed by atoms with Crippen LogP contribution in [0.5, 0.6) is 0 Å². The van der Waals surface area contributed by atoms with Crippen molar-refractivity contribution in [2.24, 2.45) is 14.1 Å². The summed E-state index contributed by atoms with van der Waals surface area (Å²) in [5.41, 5.74) is 3.00. The molecule has 0 radical (unpaired) electrons. The molecule has 0 saturated heterocycles. The SMILES string of the molecule is Cc1c(C(=O)Nc2cnn(C)c2CCO)ccn1C. The molecule has 0 saturated carbocycles. The first-order chi connectivity index (χ1) is 9.04. The summed E-state index contributed by atoms with van der Waals surface area (Å²) in [4.78, 5) is 12.2. The van der Waals surface area contributed by atoms with E-state index in [0.29, 0.717) is 17.7 Å². The smallest absolute Gasteiger partial charge is 0.257 e. The molecule has 0 fully saturated rings. The molecule has 0 aliphatic heterocycles. The molecule has 0 aromatic carbocycles. The highest BCUT2D eigenvalue weighted by molar-refractivity contribution is 6.05. The van der Waals surface area contributed by atoms with E-state index in [0.717, 1.165) is 11.4 Å². The number of aryl methyl sites for hydroxylation is 2. The second-order valence-electron chi connectivity index (χ2n) is 4.48. The van der Waals surface area contributed by atoms with Crippen LogP contribution in [-0.2, 0) is 20.5 Å². The number of amides is 1. The Labute approximate surface area is 111 Å². The molecule has 2 rings (SSSR count). The van der Waals surface area contributed by atoms with E-state index in [1.807, 2.05) is 24.7 Å². The lowest BCUT2D eigenvalue weighted by molar-refractivity contribution is 0.102. The van der Waals surface area contributed by atoms with Gasteiger partial charge >= 0.3 is 0 Å². The van der Waals surface area contributed by atoms with Gasteiger partial charge in [-0.1, -0.05) is 0 Å². The van der Waals surface area contributed by atoms with Gasteiger partial charge in [-0.25, -0.2) is 0 Å². The van der Waals surface area contributed by atoms with Gasteiger partial charge in [0, 0.05) is 39.0 Å². The molecule has 0 aliphatic carbocycles. The lowest BCUT2D eigenvalue weighted by Crippen LogP contribution is -2.14. The van der Waals surface area contributed by atoms with E-state index in [4.69, 9.17) is 5.11 Å². The standard InChI is InChI=1S/C13H18N4O2/c1-9-10(4-6-16(9)2)13(19)15-11-8-14-17(3)12(11)5-7-18/h4,6,8,18H,5,7H2,1-3H3,(H,15,19). The Kier molecular flexibility index (Phi) is 3.71. The van der Waals surface area contributed by atoms with Crippen molar-refractivity contribution in [3.8, 4) is 0 Å². The van der Waals surface area contributed by atoms with Crippen LogP contribution < -0.4 is 5.32 Å². The molecule has 0 unspecified atom stereocenters. The summed E-state index contributed by atoms with van der Waals surface area (Å²) in [7, 11) is 3.68. The Hall–Kier alpha value is -2.08. The van der Waals surface area contributed by atoms with Gasteiger partial charge in [0.05, 0.1) is 23.1 Å². The molecular formula is C13H18N4O2. The van der Waals surface area contributed by atoms with E-state index >= 15 is 0 Å². The van der Waals surface area contributed by atoms with Gasteiger partial charge in [-0.05, 0) is 13.0 Å². The fraction of sp³-hybridized carbons (Fsp3) is 0.385. The molecule has 0 bridgehead atoms. The number of aliphatic hydroxyl groups is 1. The maximum atomic E-state index is 12.2. The van der Waals surface area contributed by atoms with Gasteiger partial charge in [0.2, 0.25) is 0 Å². The fourth-order valence-corrected chi connectivity index (χ4v) is 2.01. The van der Waals surface area contributed by atoms with E-state index in [2.05, 4.69) is 10.4 Å². The number of carbonyl (C=O) groups excluding carboxylic acids is 1. The molecule has 2 heterocycles. The van der Waals surface area contributed by atoms with E-state index < -0.39 is 0 Å². The van der Waals surface area contributed by atoms with E-state index in [-0.39, 0.29) is 12.5 Å². The third-order valence-corrected chi connectivity index (χ3v) is 3.29. The molecule has 0 aliphatic rings. The van der Waals surface area contributed by atoms with Crippen molar-refractivity contribution >= 4 is 11.6 Å². The quantitative estimate of drug-likeness (QED) is 0.858. The molecule has 2 aromatic rings. The second kappa shape index (κ2) is 5.27. The first-order valence-corrected chi connectivity index (χ1v) is 6.09. The van der Waals surface area contributed by atoms with Crippen molar-refractivity contribution in [2.75, 3.05) is 11.9 Å². The monoisotopic (exact) mass is 262 g/mol. The first kappa shape index (κ1) is 13.4. The normalized spacial score (nSPS) is 10.7. The summed E-state index contributed by atoms with van der Waals surface area (Å²) in [5.74, 6) is -0.162. The predicted molar refractivity (Wildman–Crippen MR) is 72.1 cm³/mol. The van der Waals surface area contributed by atoms with Crippen LogP contribution in [0.4, 0.5) is 5.69 Å². The molecule has 0 atom stereocenters. The largest absolute Gasteiger partial charge is 0.396 e. The van der Waals surface area contributed by atoms with Crippen molar-refractivity contribution in [3.63, 3.8) is 0 Å². The second-order valence-corrected chi connectivity index (χ2v) is 4.48. The van der Waals surface area contributed by atoms with Crippen molar-refractivity contribution in [1.82, 2.24) is 14.3 Å². The average molecular weight is 262 g/mol. The number of nitrogens with zero attached hydrogens (tertiary/aromatic N) is 3. The van der Waals surface area contributed by atoms with E-state index in [1.165, 1.54) is 0 Å². The Morgan fingerprint density at radius 1 is 1.47 bits per heavy atom. The molecule has 2 N–H and O–H groups in total. The van der Waals surface area contributed by atoms with Gasteiger partial charge in [0.15, 0.2) is 0 Å². The number of rotatable bonds is 4. The highest BCUT2D eigenvalue weighted by Gasteiger charge is 2.15. The van der Waals surface area contributed by atoms with Crippen LogP contribution in [0.2, 0.25) is 0 Å². The minimum absolute atomic E-state index is 0.0206. The Morgan fingerprint density at radius 2 is 2.21 bits per heavy atom. The summed E-state index contributed by atoms with van der Waals surface area (Å²) < 4.78 is 3.55. The van der Waals surface area contributed by atoms with Crippen molar-refractivity contribution < 1.29 is 9.90 Å². The molecular weight excluding hydrogens is 244 g/mol. The minimum atomic E-state index is -0.162. The average Bonchev–Trinajstić information content (AvgIpc) is 2.88. The lowest BCUT2D eigenvalue weighted by atomic mass is 10.2. The van der Waals surface area contributed by atoms with E-state index in [1.54, 1.807) is 24.0 Å². The van der Waals surface area contributed by atoms with Gasteiger partial charge in [-0.15, -0.1) is 0 Å². The summed E-state index contributed by atoms with van der Waals surface area (Å²) >= 11 is 0. The summed E-state index contributed by atoms with van der Waals surface area (Å²) in [6, 6.07) is 1.78. The fourth-order valence-electron chi connectivity index (χ4n) is 2.01. The Balaban J connectivity index is 2.22. The Morgan fingerprint density at radius 3 is 2.79 bits per heavy atom. The number of hydrogen-bond donors (Lipinski definition) is 2. The number of aliphatic hydroxyl groups excluding tert-OH is 1. The van der Waals surface area contributed by atoms with Gasteiger partial charge in [0.25, 0.3) is 5.91 Å². The predicted octanol–water partition coefficient (Wildman–Crippen LogP) is 0.854. The van der Waals surface area contributed by atoms with Crippen LogP contribution in [0.3, 0.4) is 0 Å². The zero-order valence-corrected chi connectivity index (χ0v) is 11.3. The number of anilines is 1. The maximum absolute atomic E-state index is 12.2. The summed E-state index contributed by atoms with van der Waals surface area (Å²) in [6.45, 7) is 1.92. The van der Waals surface area contributed by atoms with Gasteiger partial charge < -0.3 is 15.0 Å². The lowest BCUT2D eigenvalue weighted by Gasteiger charge is -2.07. The van der Waals surface area contributed by atoms with Gasteiger partial charge in [-0.3, -0.25) is 9.48 Å². The zero-order chi connectivity index (χ0) is 14.0. The van der Waals surface area contributed by atoms with E-state index in [9.17, 15) is 4.79 Å². The highest BCUT2D eigenvalue weighted by atomic mass is 16.3. The molecule has 2 aromatic heterocycles. The van der Waals surface area contributed by atoms with Crippen molar-refractivity contribution in [1.29, 1.82) is 0 Å².